The van der Waals surface area contributed by atoms with Crippen LogP contribution in [-0.2, 0) is 4.57 Å². The summed E-state index contributed by atoms with van der Waals surface area (Å²) < 4.78 is 17.7. The van der Waals surface area contributed by atoms with Crippen molar-refractivity contribution in [3.63, 3.8) is 0 Å². The van der Waals surface area contributed by atoms with Crippen LogP contribution in [0.4, 0.5) is 0 Å². The van der Waals surface area contributed by atoms with Crippen molar-refractivity contribution in [1.29, 1.82) is 0 Å². The number of hydrogen-bond donors (Lipinski definition) is 0. The van der Waals surface area contributed by atoms with Crippen LogP contribution in [0.1, 0.15) is 50.7 Å². The molecular formula is C14H23O2P. The average molecular weight is 254 g/mol. The van der Waals surface area contributed by atoms with Gasteiger partial charge in [-0.1, -0.05) is 45.9 Å². The van der Waals surface area contributed by atoms with E-state index in [1.165, 1.54) is 0 Å². The summed E-state index contributed by atoms with van der Waals surface area (Å²) in [4.78, 5) is 0. The first kappa shape index (κ1) is 14.3. The molecular weight excluding hydrogens is 231 g/mol. The third kappa shape index (κ3) is 3.89. The third-order valence-corrected chi connectivity index (χ3v) is 3.25. The minimum Gasteiger partial charge on any atom is -0.443 e. The average Bonchev–Trinajstić information content (AvgIpc) is 2.14. The highest BCUT2D eigenvalue weighted by atomic mass is 31.2. The molecule has 0 atom stereocenters. The van der Waals surface area contributed by atoms with Crippen LogP contribution in [0.2, 0.25) is 0 Å². The van der Waals surface area contributed by atoms with E-state index < -0.39 is 7.37 Å². The van der Waals surface area contributed by atoms with Gasteiger partial charge in [-0.2, -0.15) is 0 Å². The third-order valence-electron chi connectivity index (χ3n) is 2.63. The van der Waals surface area contributed by atoms with Crippen LogP contribution in [0.5, 0.6) is 5.75 Å². The lowest BCUT2D eigenvalue weighted by Gasteiger charge is -2.21. The lowest BCUT2D eigenvalue weighted by atomic mass is 9.94. The fourth-order valence-corrected chi connectivity index (χ4v) is 2.46. The Morgan fingerprint density at radius 2 is 1.41 bits per heavy atom. The monoisotopic (exact) mass is 254 g/mol. The van der Waals surface area contributed by atoms with Crippen molar-refractivity contribution in [3.8, 4) is 5.75 Å². The molecule has 0 amide bonds. The molecule has 0 radical (unpaired) electrons. The molecule has 0 aliphatic rings. The molecule has 2 nitrogen and oxygen atoms in total. The van der Waals surface area contributed by atoms with E-state index in [-0.39, 0.29) is 0 Å². The zero-order valence-corrected chi connectivity index (χ0v) is 12.5. The van der Waals surface area contributed by atoms with Gasteiger partial charge in [-0.3, -0.25) is 4.57 Å². The second kappa shape index (κ2) is 5.27. The number of hydrogen-bond acceptors (Lipinski definition) is 2. The van der Waals surface area contributed by atoms with E-state index in [0.717, 1.165) is 16.9 Å². The summed E-state index contributed by atoms with van der Waals surface area (Å²) in [6, 6.07) is 6.16. The molecule has 0 unspecified atom stereocenters. The molecule has 1 aromatic carbocycles. The van der Waals surface area contributed by atoms with Crippen LogP contribution < -0.4 is 4.52 Å². The Bertz CT molecular complexity index is 404. The fraction of sp³-hybridized carbons (Fsp3) is 0.571. The highest BCUT2D eigenvalue weighted by molar-refractivity contribution is 7.57. The summed E-state index contributed by atoms with van der Waals surface area (Å²) >= 11 is 0. The largest absolute Gasteiger partial charge is 0.443 e. The van der Waals surface area contributed by atoms with E-state index in [1.807, 2.05) is 6.07 Å². The van der Waals surface area contributed by atoms with Gasteiger partial charge in [0.25, 0.3) is 0 Å². The molecule has 0 aromatic heterocycles. The molecule has 17 heavy (non-hydrogen) atoms. The maximum atomic E-state index is 11.9. The summed E-state index contributed by atoms with van der Waals surface area (Å²) in [5.74, 6) is 1.57. The molecule has 1 rings (SSSR count). The summed E-state index contributed by atoms with van der Waals surface area (Å²) in [6.45, 7) is 11.8. The van der Waals surface area contributed by atoms with E-state index in [9.17, 15) is 4.57 Å². The van der Waals surface area contributed by atoms with Gasteiger partial charge in [0.2, 0.25) is 7.37 Å². The standard InChI is InChI=1S/C14H23O2P/c1-10(2)12-8-7-9-13(11(3)4)14(12)16-17(5,6)15/h7-11H,1-6H3. The van der Waals surface area contributed by atoms with E-state index in [0.29, 0.717) is 11.8 Å². The molecule has 1 aromatic rings. The number of para-hydroxylation sites is 1. The summed E-state index contributed by atoms with van der Waals surface area (Å²) in [5, 5.41) is 0. The van der Waals surface area contributed by atoms with Crippen molar-refractivity contribution >= 4 is 7.37 Å². The Morgan fingerprint density at radius 1 is 1.00 bits per heavy atom. The molecule has 96 valence electrons. The van der Waals surface area contributed by atoms with Gasteiger partial charge in [-0.05, 0) is 23.0 Å². The summed E-state index contributed by atoms with van der Waals surface area (Å²) in [5.41, 5.74) is 2.28. The zero-order chi connectivity index (χ0) is 13.2. The lowest BCUT2D eigenvalue weighted by molar-refractivity contribution is 0.484. The van der Waals surface area contributed by atoms with E-state index in [4.69, 9.17) is 4.52 Å². The first-order valence-corrected chi connectivity index (χ1v) is 8.61. The number of benzene rings is 1. The maximum absolute atomic E-state index is 11.9. The van der Waals surface area contributed by atoms with Crippen molar-refractivity contribution in [2.45, 2.75) is 39.5 Å². The van der Waals surface area contributed by atoms with E-state index >= 15 is 0 Å². The van der Waals surface area contributed by atoms with Crippen molar-refractivity contribution in [3.05, 3.63) is 29.3 Å². The van der Waals surface area contributed by atoms with Crippen molar-refractivity contribution in [1.82, 2.24) is 0 Å². The molecule has 0 N–H and O–H groups in total. The van der Waals surface area contributed by atoms with Gasteiger partial charge >= 0.3 is 0 Å². The van der Waals surface area contributed by atoms with Gasteiger partial charge in [-0.25, -0.2) is 0 Å². The van der Waals surface area contributed by atoms with Crippen LogP contribution in [0.15, 0.2) is 18.2 Å². The second-order valence-corrected chi connectivity index (χ2v) is 8.10. The molecule has 3 heteroatoms. The quantitative estimate of drug-likeness (QED) is 0.718. The minimum atomic E-state index is -2.52. The highest BCUT2D eigenvalue weighted by Crippen LogP contribution is 2.45. The van der Waals surface area contributed by atoms with Crippen LogP contribution in [0.3, 0.4) is 0 Å². The first-order valence-electron chi connectivity index (χ1n) is 6.09. The first-order chi connectivity index (χ1) is 7.72. The lowest BCUT2D eigenvalue weighted by Crippen LogP contribution is -2.01. The SMILES string of the molecule is CC(C)c1cccc(C(C)C)c1OP(C)(C)=O. The Kier molecular flexibility index (Phi) is 4.43. The second-order valence-electron chi connectivity index (χ2n) is 5.42. The maximum Gasteiger partial charge on any atom is 0.242 e. The summed E-state index contributed by atoms with van der Waals surface area (Å²) in [7, 11) is -2.52. The Morgan fingerprint density at radius 3 is 1.71 bits per heavy atom. The molecule has 0 aliphatic carbocycles. The fourth-order valence-electron chi connectivity index (χ4n) is 1.81. The molecule has 0 heterocycles. The normalized spacial score (nSPS) is 12.2. The highest BCUT2D eigenvalue weighted by Gasteiger charge is 2.19. The molecule has 0 aliphatic heterocycles. The molecule has 0 spiro atoms. The van der Waals surface area contributed by atoms with Crippen LogP contribution in [-0.4, -0.2) is 13.3 Å². The van der Waals surface area contributed by atoms with Crippen molar-refractivity contribution in [2.75, 3.05) is 13.3 Å². The van der Waals surface area contributed by atoms with Gasteiger partial charge in [0.05, 0.1) is 0 Å². The summed E-state index contributed by atoms with van der Waals surface area (Å²) in [6.07, 6.45) is 0. The molecule has 0 bridgehead atoms. The van der Waals surface area contributed by atoms with E-state index in [1.54, 1.807) is 13.3 Å². The molecule has 0 saturated heterocycles. The van der Waals surface area contributed by atoms with Gasteiger partial charge in [0.1, 0.15) is 5.75 Å². The van der Waals surface area contributed by atoms with Crippen LogP contribution in [0.25, 0.3) is 0 Å². The van der Waals surface area contributed by atoms with Crippen LogP contribution >= 0.6 is 7.37 Å². The molecule has 0 saturated carbocycles. The topological polar surface area (TPSA) is 26.3 Å². The number of rotatable bonds is 4. The van der Waals surface area contributed by atoms with Gasteiger partial charge < -0.3 is 4.52 Å². The Hall–Kier alpha value is -0.750. The van der Waals surface area contributed by atoms with Gasteiger partial charge in [-0.15, -0.1) is 0 Å². The Balaban J connectivity index is 3.34. The predicted octanol–water partition coefficient (Wildman–Crippen LogP) is 4.85. The predicted molar refractivity (Wildman–Crippen MR) is 74.7 cm³/mol. The zero-order valence-electron chi connectivity index (χ0n) is 11.7. The van der Waals surface area contributed by atoms with Crippen LogP contribution in [0, 0.1) is 0 Å². The van der Waals surface area contributed by atoms with Gasteiger partial charge in [0, 0.05) is 13.3 Å². The Labute approximate surface area is 105 Å². The minimum absolute atomic E-state index is 0.371. The van der Waals surface area contributed by atoms with Crippen molar-refractivity contribution in [2.24, 2.45) is 0 Å². The molecule has 0 fully saturated rings. The smallest absolute Gasteiger partial charge is 0.242 e. The van der Waals surface area contributed by atoms with Gasteiger partial charge in [0.15, 0.2) is 0 Å². The van der Waals surface area contributed by atoms with Crippen molar-refractivity contribution < 1.29 is 9.09 Å². The van der Waals surface area contributed by atoms with E-state index in [2.05, 4.69) is 39.8 Å².